The molecule has 0 bridgehead atoms. The van der Waals surface area contributed by atoms with Crippen LogP contribution in [-0.4, -0.2) is 19.5 Å². The topological polar surface area (TPSA) is 33.6 Å². The molecule has 3 nitrogen and oxygen atoms in total. The predicted molar refractivity (Wildman–Crippen MR) is 95.2 cm³/mol. The van der Waals surface area contributed by atoms with Crippen molar-refractivity contribution in [2.75, 3.05) is 13.7 Å². The molecule has 1 unspecified atom stereocenters. The molecule has 0 aromatic heterocycles. The maximum atomic E-state index is 5.58. The number of hydrogen-bond acceptors (Lipinski definition) is 3. The zero-order chi connectivity index (χ0) is 15.9. The van der Waals surface area contributed by atoms with Crippen molar-refractivity contribution in [1.29, 1.82) is 0 Å². The fourth-order valence-corrected chi connectivity index (χ4v) is 3.05. The van der Waals surface area contributed by atoms with Crippen LogP contribution in [-0.2, 0) is 0 Å². The first-order chi connectivity index (χ1) is 11.4. The Morgan fingerprint density at radius 3 is 2.57 bits per heavy atom. The fraction of sp³-hybridized carbons (Fsp3) is 0.350. The summed E-state index contributed by atoms with van der Waals surface area (Å²) in [6.07, 6.45) is 4.69. The number of ether oxygens (including phenoxy) is 1. The zero-order valence-corrected chi connectivity index (χ0v) is 13.7. The Kier molecular flexibility index (Phi) is 5.30. The summed E-state index contributed by atoms with van der Waals surface area (Å²) in [6, 6.07) is 18.8. The number of nitrogens with zero attached hydrogens (tertiary/aromatic N) is 1. The number of hydrogen-bond donors (Lipinski definition) is 1. The van der Waals surface area contributed by atoms with Gasteiger partial charge in [-0.25, -0.2) is 0 Å². The molecule has 1 atom stereocenters. The molecule has 0 saturated carbocycles. The summed E-state index contributed by atoms with van der Waals surface area (Å²) < 4.78 is 5.58. The zero-order valence-electron chi connectivity index (χ0n) is 13.7. The van der Waals surface area contributed by atoms with Gasteiger partial charge in [-0.15, -0.1) is 0 Å². The van der Waals surface area contributed by atoms with Crippen molar-refractivity contribution in [1.82, 2.24) is 5.32 Å². The third-order valence-corrected chi connectivity index (χ3v) is 4.27. The minimum Gasteiger partial charge on any atom is -0.496 e. The fourth-order valence-electron chi connectivity index (χ4n) is 3.05. The van der Waals surface area contributed by atoms with Crippen LogP contribution >= 0.6 is 0 Å². The molecule has 1 heterocycles. The lowest BCUT2D eigenvalue weighted by molar-refractivity contribution is 0.406. The number of para-hydroxylation sites is 1. The van der Waals surface area contributed by atoms with Crippen molar-refractivity contribution in [3.8, 4) is 5.75 Å². The average molecular weight is 308 g/mol. The Morgan fingerprint density at radius 2 is 1.74 bits per heavy atom. The summed E-state index contributed by atoms with van der Waals surface area (Å²) >= 11 is 0. The molecule has 2 aromatic rings. The first-order valence-electron chi connectivity index (χ1n) is 8.36. The first kappa shape index (κ1) is 15.6. The highest BCUT2D eigenvalue weighted by Crippen LogP contribution is 2.30. The van der Waals surface area contributed by atoms with E-state index in [0.717, 1.165) is 30.1 Å². The lowest BCUT2D eigenvalue weighted by atomic mass is 9.97. The number of amidine groups is 1. The minimum atomic E-state index is 0.0594. The predicted octanol–water partition coefficient (Wildman–Crippen LogP) is 4.35. The quantitative estimate of drug-likeness (QED) is 0.911. The van der Waals surface area contributed by atoms with Crippen molar-refractivity contribution >= 4 is 5.84 Å². The Morgan fingerprint density at radius 1 is 0.957 bits per heavy atom. The molecule has 23 heavy (non-hydrogen) atoms. The Balaban J connectivity index is 1.95. The summed E-state index contributed by atoms with van der Waals surface area (Å²) in [4.78, 5) is 4.73. The van der Waals surface area contributed by atoms with Gasteiger partial charge in [0.25, 0.3) is 0 Å². The van der Waals surface area contributed by atoms with Gasteiger partial charge in [0.1, 0.15) is 5.75 Å². The maximum absolute atomic E-state index is 5.58. The Hall–Kier alpha value is -2.29. The minimum absolute atomic E-state index is 0.0594. The number of rotatable bonds is 4. The van der Waals surface area contributed by atoms with Crippen LogP contribution in [0.4, 0.5) is 0 Å². The van der Waals surface area contributed by atoms with E-state index in [2.05, 4.69) is 41.7 Å². The van der Waals surface area contributed by atoms with Gasteiger partial charge < -0.3 is 10.1 Å². The molecule has 0 saturated heterocycles. The van der Waals surface area contributed by atoms with Crippen LogP contribution in [0, 0.1) is 0 Å². The van der Waals surface area contributed by atoms with E-state index in [0.29, 0.717) is 0 Å². The molecule has 3 heteroatoms. The van der Waals surface area contributed by atoms with Gasteiger partial charge in [-0.3, -0.25) is 4.99 Å². The molecule has 3 rings (SSSR count). The van der Waals surface area contributed by atoms with Gasteiger partial charge in [-0.2, -0.15) is 0 Å². The highest BCUT2D eigenvalue weighted by molar-refractivity contribution is 5.83. The first-order valence-corrected chi connectivity index (χ1v) is 8.36. The lowest BCUT2D eigenvalue weighted by Crippen LogP contribution is -2.29. The van der Waals surface area contributed by atoms with Gasteiger partial charge in [0.15, 0.2) is 0 Å². The number of methoxy groups -OCH3 is 1. The number of nitrogens with one attached hydrogen (secondary N) is 1. The van der Waals surface area contributed by atoms with E-state index in [1.807, 2.05) is 18.2 Å². The molecule has 2 aromatic carbocycles. The van der Waals surface area contributed by atoms with E-state index >= 15 is 0 Å². The SMILES string of the molecule is COc1ccccc1C(NC1=NCCCCC1)c1ccccc1. The molecule has 1 aliphatic heterocycles. The van der Waals surface area contributed by atoms with Gasteiger partial charge >= 0.3 is 0 Å². The molecule has 0 radical (unpaired) electrons. The largest absolute Gasteiger partial charge is 0.496 e. The van der Waals surface area contributed by atoms with Crippen LogP contribution in [0.15, 0.2) is 59.6 Å². The third kappa shape index (κ3) is 3.92. The molecular weight excluding hydrogens is 284 g/mol. The third-order valence-electron chi connectivity index (χ3n) is 4.27. The van der Waals surface area contributed by atoms with Crippen LogP contribution in [0.25, 0.3) is 0 Å². The summed E-state index contributed by atoms with van der Waals surface area (Å²) in [5, 5.41) is 3.67. The van der Waals surface area contributed by atoms with E-state index in [4.69, 9.17) is 9.73 Å². The highest BCUT2D eigenvalue weighted by atomic mass is 16.5. The number of aliphatic imine (C=N–C) groups is 1. The summed E-state index contributed by atoms with van der Waals surface area (Å²) in [5.74, 6) is 2.02. The molecule has 120 valence electrons. The maximum Gasteiger partial charge on any atom is 0.124 e. The summed E-state index contributed by atoms with van der Waals surface area (Å²) in [5.41, 5.74) is 2.37. The van der Waals surface area contributed by atoms with Gasteiger partial charge in [0.05, 0.1) is 19.0 Å². The van der Waals surface area contributed by atoms with Crippen molar-refractivity contribution in [3.63, 3.8) is 0 Å². The van der Waals surface area contributed by atoms with Gasteiger partial charge in [0.2, 0.25) is 0 Å². The van der Waals surface area contributed by atoms with Crippen LogP contribution in [0.5, 0.6) is 5.75 Å². The van der Waals surface area contributed by atoms with E-state index in [-0.39, 0.29) is 6.04 Å². The van der Waals surface area contributed by atoms with Gasteiger partial charge in [0, 0.05) is 18.5 Å². The molecule has 1 aliphatic rings. The lowest BCUT2D eigenvalue weighted by Gasteiger charge is -2.23. The number of benzene rings is 2. The summed E-state index contributed by atoms with van der Waals surface area (Å²) in [6.45, 7) is 0.926. The van der Waals surface area contributed by atoms with Crippen molar-refractivity contribution < 1.29 is 4.74 Å². The standard InChI is InChI=1S/C20H24N2O/c1-23-18-13-8-7-12-17(18)20(16-10-4-2-5-11-16)22-19-14-6-3-9-15-21-19/h2,4-5,7-8,10-13,20H,3,6,9,14-15H2,1H3,(H,21,22). The van der Waals surface area contributed by atoms with Crippen molar-refractivity contribution in [3.05, 3.63) is 65.7 Å². The van der Waals surface area contributed by atoms with E-state index in [9.17, 15) is 0 Å². The van der Waals surface area contributed by atoms with Gasteiger partial charge in [-0.1, -0.05) is 55.0 Å². The Bertz CT molecular complexity index is 652. The summed E-state index contributed by atoms with van der Waals surface area (Å²) in [7, 11) is 1.73. The second-order valence-corrected chi connectivity index (χ2v) is 5.87. The van der Waals surface area contributed by atoms with Crippen LogP contribution in [0.3, 0.4) is 0 Å². The molecule has 0 amide bonds. The van der Waals surface area contributed by atoms with Crippen LogP contribution < -0.4 is 10.1 Å². The van der Waals surface area contributed by atoms with Crippen LogP contribution in [0.2, 0.25) is 0 Å². The van der Waals surface area contributed by atoms with Crippen molar-refractivity contribution in [2.24, 2.45) is 4.99 Å². The Labute approximate surface area is 138 Å². The van der Waals surface area contributed by atoms with Crippen LogP contribution in [0.1, 0.15) is 42.9 Å². The van der Waals surface area contributed by atoms with E-state index in [1.54, 1.807) is 7.11 Å². The molecule has 0 aliphatic carbocycles. The molecular formula is C20H24N2O. The molecule has 1 N–H and O–H groups in total. The smallest absolute Gasteiger partial charge is 0.124 e. The second-order valence-electron chi connectivity index (χ2n) is 5.87. The highest BCUT2D eigenvalue weighted by Gasteiger charge is 2.19. The monoisotopic (exact) mass is 308 g/mol. The van der Waals surface area contributed by atoms with E-state index in [1.165, 1.54) is 24.8 Å². The molecule has 0 fully saturated rings. The van der Waals surface area contributed by atoms with E-state index < -0.39 is 0 Å². The normalized spacial score (nSPS) is 16.1. The average Bonchev–Trinajstić information content (AvgIpc) is 2.89. The van der Waals surface area contributed by atoms with Gasteiger partial charge in [-0.05, 0) is 24.5 Å². The van der Waals surface area contributed by atoms with Crippen molar-refractivity contribution in [2.45, 2.75) is 31.7 Å². The molecule has 0 spiro atoms. The second kappa shape index (κ2) is 7.82.